The maximum absolute atomic E-state index is 13.5. The van der Waals surface area contributed by atoms with E-state index in [-0.39, 0.29) is 0 Å². The van der Waals surface area contributed by atoms with Crippen molar-refractivity contribution in [2.75, 3.05) is 0 Å². The fraction of sp³-hybridized carbons (Fsp3) is 0.769. The maximum atomic E-state index is 13.5. The molecule has 0 aliphatic rings. The average Bonchev–Trinajstić information content (AvgIpc) is 2.58. The predicted molar refractivity (Wildman–Crippen MR) is 67.6 cm³/mol. The molecule has 202 valence electrons. The van der Waals surface area contributed by atoms with Crippen LogP contribution in [0.4, 0.5) is 79.0 Å². The minimum Gasteiger partial charge on any atom is -0.396 e. The zero-order chi connectivity index (χ0) is 28.4. The molecule has 0 aliphatic carbocycles. The first kappa shape index (κ1) is 31.9. The summed E-state index contributed by atoms with van der Waals surface area (Å²) in [7, 11) is 0. The first-order valence-electron chi connectivity index (χ1n) is 7.34. The Kier molecular flexibility index (Phi) is 7.48. The number of halogens is 18. The molecule has 0 aromatic carbocycles. The molecule has 0 radical (unpaired) electrons. The number of esters is 1. The zero-order valence-corrected chi connectivity index (χ0v) is 15.3. The van der Waals surface area contributed by atoms with Gasteiger partial charge in [-0.15, -0.1) is 0 Å². The molecule has 0 rings (SSSR count). The monoisotopic (exact) mass is 552 g/mol. The molecule has 0 amide bonds. The van der Waals surface area contributed by atoms with E-state index >= 15 is 0 Å². The van der Waals surface area contributed by atoms with Crippen LogP contribution in [0.15, 0.2) is 12.2 Å². The quantitative estimate of drug-likeness (QED) is 0.172. The molecule has 3 nitrogen and oxygen atoms in total. The van der Waals surface area contributed by atoms with Crippen LogP contribution in [-0.2, 0) is 9.53 Å². The van der Waals surface area contributed by atoms with Crippen molar-refractivity contribution >= 4 is 5.97 Å². The molecule has 0 bridgehead atoms. The lowest BCUT2D eigenvalue weighted by molar-refractivity contribution is -0.485. The molecule has 0 aromatic rings. The van der Waals surface area contributed by atoms with Gasteiger partial charge in [-0.25, -0.2) is 4.79 Å². The molecule has 21 heteroatoms. The van der Waals surface area contributed by atoms with Crippen LogP contribution >= 0.6 is 0 Å². The molecular weight excluding hydrogens is 546 g/mol. The van der Waals surface area contributed by atoms with E-state index < -0.39 is 65.2 Å². The van der Waals surface area contributed by atoms with Crippen LogP contribution in [0.5, 0.6) is 0 Å². The molecule has 0 saturated carbocycles. The lowest BCUT2D eigenvalue weighted by atomic mass is 9.88. The summed E-state index contributed by atoms with van der Waals surface area (Å²) in [5.41, 5.74) is -1.28. The first-order chi connectivity index (χ1) is 14.3. The van der Waals surface area contributed by atoms with Crippen molar-refractivity contribution < 1.29 is 93.7 Å². The third kappa shape index (κ3) is 4.01. The van der Waals surface area contributed by atoms with Crippen molar-refractivity contribution in [3.05, 3.63) is 12.2 Å². The smallest absolute Gasteiger partial charge is 0.396 e. The Morgan fingerprint density at radius 2 is 0.794 bits per heavy atom. The molecule has 0 aromatic heterocycles. The van der Waals surface area contributed by atoms with Gasteiger partial charge in [0.25, 0.3) is 0 Å². The van der Waals surface area contributed by atoms with Gasteiger partial charge in [0, 0.05) is 5.57 Å². The van der Waals surface area contributed by atoms with Gasteiger partial charge >= 0.3 is 59.6 Å². The highest BCUT2D eigenvalue weighted by atomic mass is 19.4. The first-order valence-corrected chi connectivity index (χ1v) is 7.34. The maximum Gasteiger partial charge on any atom is 0.460 e. The highest BCUT2D eigenvalue weighted by Gasteiger charge is 2.97. The van der Waals surface area contributed by atoms with Gasteiger partial charge in [0.1, 0.15) is 0 Å². The second-order valence-corrected chi connectivity index (χ2v) is 6.25. The van der Waals surface area contributed by atoms with Crippen molar-refractivity contribution in [3.8, 4) is 0 Å². The minimum absolute atomic E-state index is 0.390. The van der Waals surface area contributed by atoms with E-state index in [1.165, 1.54) is 0 Å². The number of rotatable bonds is 9. The van der Waals surface area contributed by atoms with Gasteiger partial charge in [0.05, 0.1) is 0 Å². The Labute approximate surface area is 173 Å². The second kappa shape index (κ2) is 7.97. The lowest BCUT2D eigenvalue weighted by Crippen LogP contribution is -2.76. The summed E-state index contributed by atoms with van der Waals surface area (Å²) in [5, 5.41) is 8.46. The van der Waals surface area contributed by atoms with E-state index in [1.54, 1.807) is 0 Å². The summed E-state index contributed by atoms with van der Waals surface area (Å²) < 4.78 is 237. The Morgan fingerprint density at radius 3 is 1.03 bits per heavy atom. The molecule has 0 spiro atoms. The van der Waals surface area contributed by atoms with Crippen molar-refractivity contribution in [3.63, 3.8) is 0 Å². The van der Waals surface area contributed by atoms with Gasteiger partial charge in [-0.2, -0.15) is 79.0 Å². The Hall–Kier alpha value is -2.09. The van der Waals surface area contributed by atoms with E-state index in [2.05, 4.69) is 11.3 Å². The lowest BCUT2D eigenvalue weighted by Gasteiger charge is -2.43. The second-order valence-electron chi connectivity index (χ2n) is 6.25. The van der Waals surface area contributed by atoms with Crippen LogP contribution in [0.3, 0.4) is 0 Å². The summed E-state index contributed by atoms with van der Waals surface area (Å²) in [6.07, 6.45) is -7.92. The van der Waals surface area contributed by atoms with Crippen LogP contribution < -0.4 is 0 Å². The van der Waals surface area contributed by atoms with Gasteiger partial charge in [-0.3, -0.25) is 0 Å². The van der Waals surface area contributed by atoms with Gasteiger partial charge in [-0.1, -0.05) is 6.58 Å². The Bertz CT molecular complexity index is 808. The molecule has 34 heavy (non-hydrogen) atoms. The van der Waals surface area contributed by atoms with Crippen LogP contribution in [0.1, 0.15) is 6.92 Å². The summed E-state index contributed by atoms with van der Waals surface area (Å²) in [5.74, 6) is -63.1. The SMILES string of the molecule is C=C(C)C(=O)OC(O)(F)C(F)(F)C(F)(F)C(F)(F)C(F)(F)C(F)(F)C(F)(F)C(F)(F)C(F)(F)F. The fourth-order valence-electron chi connectivity index (χ4n) is 1.63. The number of alkyl halides is 18. The zero-order valence-electron chi connectivity index (χ0n) is 15.3. The fourth-order valence-corrected chi connectivity index (χ4v) is 1.63. The van der Waals surface area contributed by atoms with E-state index in [1.807, 2.05) is 0 Å². The molecule has 1 unspecified atom stereocenters. The number of hydrogen-bond acceptors (Lipinski definition) is 3. The molecule has 0 fully saturated rings. The number of aliphatic hydroxyl groups is 1. The predicted octanol–water partition coefficient (Wildman–Crippen LogP) is 5.73. The van der Waals surface area contributed by atoms with Gasteiger partial charge in [0.15, 0.2) is 0 Å². The summed E-state index contributed by atoms with van der Waals surface area (Å²) in [6, 6.07) is -6.83. The normalized spacial score (nSPS) is 17.3. The Balaban J connectivity index is 6.88. The van der Waals surface area contributed by atoms with Crippen molar-refractivity contribution in [1.82, 2.24) is 0 Å². The van der Waals surface area contributed by atoms with Crippen molar-refractivity contribution in [1.29, 1.82) is 0 Å². The van der Waals surface area contributed by atoms with Crippen LogP contribution in [0.2, 0.25) is 0 Å². The number of carbonyl (C=O) groups excluding carboxylic acids is 1. The molecule has 0 heterocycles. The molecule has 0 saturated heterocycles. The van der Waals surface area contributed by atoms with E-state index in [9.17, 15) is 83.8 Å². The van der Waals surface area contributed by atoms with Crippen LogP contribution in [0.25, 0.3) is 0 Å². The molecule has 0 aliphatic heterocycles. The van der Waals surface area contributed by atoms with Crippen LogP contribution in [0, 0.1) is 0 Å². The number of ether oxygens (including phenoxy) is 1. The summed E-state index contributed by atoms with van der Waals surface area (Å²) in [6.45, 7) is 2.87. The minimum atomic E-state index is -8.97. The van der Waals surface area contributed by atoms with E-state index in [0.29, 0.717) is 6.92 Å². The largest absolute Gasteiger partial charge is 0.460 e. The third-order valence-corrected chi connectivity index (χ3v) is 3.69. The number of hydrogen-bond donors (Lipinski definition) is 1. The highest BCUT2D eigenvalue weighted by Crippen LogP contribution is 2.64. The highest BCUT2D eigenvalue weighted by molar-refractivity contribution is 5.87. The standard InChI is InChI=1S/C13H6F18O3/c1-3(2)4(32)34-13(31,33)11(26,27)9(22,23)7(18,19)5(14,15)6(16,17)8(20,21)10(24,25)12(28,29)30/h33H,1H2,2H3. The van der Waals surface area contributed by atoms with Gasteiger partial charge in [0.2, 0.25) is 0 Å². The van der Waals surface area contributed by atoms with Crippen molar-refractivity contribution in [2.24, 2.45) is 0 Å². The van der Waals surface area contributed by atoms with E-state index in [4.69, 9.17) is 5.11 Å². The summed E-state index contributed by atoms with van der Waals surface area (Å²) >= 11 is 0. The van der Waals surface area contributed by atoms with Crippen molar-refractivity contribution in [2.45, 2.75) is 60.6 Å². The Morgan fingerprint density at radius 1 is 0.559 bits per heavy atom. The summed E-state index contributed by atoms with van der Waals surface area (Å²) in [4.78, 5) is 10.8. The topological polar surface area (TPSA) is 46.5 Å². The average molecular weight is 552 g/mol. The number of carbonyl (C=O) groups is 1. The van der Waals surface area contributed by atoms with Crippen LogP contribution in [-0.4, -0.2) is 64.8 Å². The van der Waals surface area contributed by atoms with Gasteiger partial charge in [-0.05, 0) is 6.92 Å². The van der Waals surface area contributed by atoms with E-state index in [0.717, 1.165) is 0 Å². The third-order valence-electron chi connectivity index (χ3n) is 3.69. The molecule has 1 atom stereocenters. The molecule has 1 N–H and O–H groups in total. The molecular formula is C13H6F18O3. The van der Waals surface area contributed by atoms with Gasteiger partial charge < -0.3 is 9.84 Å².